The molecule has 4 unspecified atom stereocenters. The van der Waals surface area contributed by atoms with Gasteiger partial charge in [-0.1, -0.05) is 12.2 Å². The molecule has 0 amide bonds. The van der Waals surface area contributed by atoms with E-state index in [0.29, 0.717) is 0 Å². The summed E-state index contributed by atoms with van der Waals surface area (Å²) >= 11 is 0. The fraction of sp³-hybridized carbons (Fsp3) is 0.778. The molecule has 0 saturated carbocycles. The van der Waals surface area contributed by atoms with Crippen LogP contribution in [0.5, 0.6) is 0 Å². The second kappa shape index (κ2) is 1.92. The van der Waals surface area contributed by atoms with Gasteiger partial charge in [-0.05, 0) is 13.8 Å². The van der Waals surface area contributed by atoms with E-state index in [4.69, 9.17) is 14.2 Å². The maximum Gasteiger partial charge on any atom is 0.164 e. The van der Waals surface area contributed by atoms with Crippen molar-refractivity contribution in [2.75, 3.05) is 0 Å². The molecule has 12 heavy (non-hydrogen) atoms. The van der Waals surface area contributed by atoms with Gasteiger partial charge in [0, 0.05) is 0 Å². The van der Waals surface area contributed by atoms with Crippen molar-refractivity contribution in [3.05, 3.63) is 12.2 Å². The first-order valence-corrected chi connectivity index (χ1v) is 4.35. The van der Waals surface area contributed by atoms with Gasteiger partial charge in [0.05, 0.1) is 0 Å². The maximum absolute atomic E-state index is 5.71. The van der Waals surface area contributed by atoms with Crippen molar-refractivity contribution in [2.24, 2.45) is 0 Å². The summed E-state index contributed by atoms with van der Waals surface area (Å²) in [5.41, 5.74) is 0. The summed E-state index contributed by atoms with van der Waals surface area (Å²) in [6.07, 6.45) is 4.63. The van der Waals surface area contributed by atoms with Gasteiger partial charge in [0.2, 0.25) is 0 Å². The van der Waals surface area contributed by atoms with Crippen LogP contribution >= 0.6 is 0 Å². The zero-order valence-electron chi connectivity index (χ0n) is 7.19. The molecular weight excluding hydrogens is 156 g/mol. The molecule has 66 valence electrons. The van der Waals surface area contributed by atoms with Crippen molar-refractivity contribution >= 4 is 0 Å². The van der Waals surface area contributed by atoms with E-state index >= 15 is 0 Å². The summed E-state index contributed by atoms with van der Waals surface area (Å²) in [5, 5.41) is 0. The van der Waals surface area contributed by atoms with E-state index in [2.05, 4.69) is 12.2 Å². The Bertz CT molecular complexity index is 224. The molecule has 3 rings (SSSR count). The quantitative estimate of drug-likeness (QED) is 0.502. The normalized spacial score (nSPS) is 53.2. The van der Waals surface area contributed by atoms with Crippen LogP contribution in [0.4, 0.5) is 0 Å². The molecule has 2 bridgehead atoms. The highest BCUT2D eigenvalue weighted by Gasteiger charge is 2.55. The second-order valence-electron chi connectivity index (χ2n) is 4.01. The Hall–Kier alpha value is -0.380. The topological polar surface area (TPSA) is 27.7 Å². The number of hydrogen-bond acceptors (Lipinski definition) is 3. The standard InChI is InChI=1S/C9H12O3/c1-9(2)11-7-5-3-4-6(10-5)8(7)12-9/h3-8H,1-2H3. The van der Waals surface area contributed by atoms with Crippen LogP contribution < -0.4 is 0 Å². The van der Waals surface area contributed by atoms with Gasteiger partial charge >= 0.3 is 0 Å². The Kier molecular flexibility index (Phi) is 1.13. The second-order valence-corrected chi connectivity index (χ2v) is 4.01. The lowest BCUT2D eigenvalue weighted by atomic mass is 10.0. The SMILES string of the molecule is CC1(C)OC2C3C=CC(O3)C2O1. The third kappa shape index (κ3) is 0.762. The van der Waals surface area contributed by atoms with Gasteiger partial charge < -0.3 is 14.2 Å². The van der Waals surface area contributed by atoms with Crippen molar-refractivity contribution in [3.63, 3.8) is 0 Å². The molecule has 0 aromatic heterocycles. The van der Waals surface area contributed by atoms with E-state index in [-0.39, 0.29) is 24.4 Å². The number of fused-ring (bicyclic) bond motifs is 5. The minimum atomic E-state index is -0.429. The van der Waals surface area contributed by atoms with Gasteiger partial charge in [-0.2, -0.15) is 0 Å². The Morgan fingerprint density at radius 1 is 1.00 bits per heavy atom. The van der Waals surface area contributed by atoms with Gasteiger partial charge in [0.25, 0.3) is 0 Å². The highest BCUT2D eigenvalue weighted by atomic mass is 16.8. The number of ether oxygens (including phenoxy) is 3. The van der Waals surface area contributed by atoms with E-state index < -0.39 is 5.79 Å². The molecule has 3 aliphatic heterocycles. The van der Waals surface area contributed by atoms with Gasteiger partial charge in [-0.3, -0.25) is 0 Å². The summed E-state index contributed by atoms with van der Waals surface area (Å²) in [4.78, 5) is 0. The van der Waals surface area contributed by atoms with Gasteiger partial charge in [-0.25, -0.2) is 0 Å². The van der Waals surface area contributed by atoms with Crippen LogP contribution in [0.25, 0.3) is 0 Å². The van der Waals surface area contributed by atoms with E-state index in [1.165, 1.54) is 0 Å². The molecular formula is C9H12O3. The molecule has 0 aliphatic carbocycles. The lowest BCUT2D eigenvalue weighted by molar-refractivity contribution is -0.174. The number of rotatable bonds is 0. The molecule has 0 N–H and O–H groups in total. The van der Waals surface area contributed by atoms with Crippen LogP contribution in [-0.4, -0.2) is 30.2 Å². The zero-order chi connectivity index (χ0) is 8.34. The highest BCUT2D eigenvalue weighted by molar-refractivity contribution is 5.18. The third-order valence-corrected chi connectivity index (χ3v) is 2.62. The molecule has 3 aliphatic rings. The largest absolute Gasteiger partial charge is 0.361 e. The summed E-state index contributed by atoms with van der Waals surface area (Å²) in [5.74, 6) is -0.429. The smallest absolute Gasteiger partial charge is 0.164 e. The first-order chi connectivity index (χ1) is 5.66. The summed E-state index contributed by atoms with van der Waals surface area (Å²) in [7, 11) is 0. The minimum Gasteiger partial charge on any atom is -0.361 e. The summed E-state index contributed by atoms with van der Waals surface area (Å²) in [6, 6.07) is 0. The molecule has 3 heterocycles. The lowest BCUT2D eigenvalue weighted by Gasteiger charge is -2.19. The molecule has 0 aromatic rings. The number of hydrogen-bond donors (Lipinski definition) is 0. The fourth-order valence-corrected chi connectivity index (χ4v) is 2.19. The molecule has 0 radical (unpaired) electrons. The Morgan fingerprint density at radius 3 is 2.00 bits per heavy atom. The van der Waals surface area contributed by atoms with Crippen LogP contribution in [-0.2, 0) is 14.2 Å². The average molecular weight is 168 g/mol. The Labute approximate surface area is 71.3 Å². The maximum atomic E-state index is 5.71. The van der Waals surface area contributed by atoms with Crippen molar-refractivity contribution < 1.29 is 14.2 Å². The fourth-order valence-electron chi connectivity index (χ4n) is 2.19. The Balaban J connectivity index is 1.91. The van der Waals surface area contributed by atoms with E-state index in [0.717, 1.165) is 0 Å². The van der Waals surface area contributed by atoms with E-state index in [1.807, 2.05) is 13.8 Å². The molecule has 2 fully saturated rings. The van der Waals surface area contributed by atoms with Crippen LogP contribution in [0.2, 0.25) is 0 Å². The molecule has 3 nitrogen and oxygen atoms in total. The van der Waals surface area contributed by atoms with Crippen molar-refractivity contribution in [1.29, 1.82) is 0 Å². The Morgan fingerprint density at radius 2 is 1.50 bits per heavy atom. The summed E-state index contributed by atoms with van der Waals surface area (Å²) < 4.78 is 17.0. The molecule has 4 atom stereocenters. The van der Waals surface area contributed by atoms with Crippen molar-refractivity contribution in [1.82, 2.24) is 0 Å². The lowest BCUT2D eigenvalue weighted by Crippen LogP contribution is -2.30. The monoisotopic (exact) mass is 168 g/mol. The highest BCUT2D eigenvalue weighted by Crippen LogP contribution is 2.42. The van der Waals surface area contributed by atoms with Gasteiger partial charge in [0.1, 0.15) is 24.4 Å². The first kappa shape index (κ1) is 7.06. The van der Waals surface area contributed by atoms with Crippen LogP contribution in [0, 0.1) is 0 Å². The van der Waals surface area contributed by atoms with E-state index in [9.17, 15) is 0 Å². The van der Waals surface area contributed by atoms with Gasteiger partial charge in [0.15, 0.2) is 5.79 Å². The van der Waals surface area contributed by atoms with Crippen molar-refractivity contribution in [2.45, 2.75) is 44.1 Å². The predicted octanol–water partition coefficient (Wildman–Crippen LogP) is 0.844. The molecule has 0 aromatic carbocycles. The third-order valence-electron chi connectivity index (χ3n) is 2.62. The zero-order valence-corrected chi connectivity index (χ0v) is 7.19. The average Bonchev–Trinajstić information content (AvgIpc) is 2.54. The first-order valence-electron chi connectivity index (χ1n) is 4.35. The predicted molar refractivity (Wildman–Crippen MR) is 41.6 cm³/mol. The molecule has 3 heteroatoms. The van der Waals surface area contributed by atoms with Crippen LogP contribution in [0.1, 0.15) is 13.8 Å². The van der Waals surface area contributed by atoms with Gasteiger partial charge in [-0.15, -0.1) is 0 Å². The van der Waals surface area contributed by atoms with Crippen LogP contribution in [0.3, 0.4) is 0 Å². The minimum absolute atomic E-state index is 0.120. The molecule has 2 saturated heterocycles. The molecule has 0 spiro atoms. The summed E-state index contributed by atoms with van der Waals surface area (Å²) in [6.45, 7) is 3.90. The van der Waals surface area contributed by atoms with Crippen molar-refractivity contribution in [3.8, 4) is 0 Å². The van der Waals surface area contributed by atoms with E-state index in [1.54, 1.807) is 0 Å². The van der Waals surface area contributed by atoms with Crippen LogP contribution in [0.15, 0.2) is 12.2 Å².